The molecular formula is C13H15ClF3N3O. The lowest BCUT2D eigenvalue weighted by atomic mass is 10.2. The first kappa shape index (κ1) is 17.3. The van der Waals surface area contributed by atoms with Gasteiger partial charge in [0, 0.05) is 18.8 Å². The van der Waals surface area contributed by atoms with Crippen molar-refractivity contribution in [2.75, 3.05) is 0 Å². The lowest BCUT2D eigenvalue weighted by molar-refractivity contribution is -0.0557. The van der Waals surface area contributed by atoms with Crippen LogP contribution in [0.15, 0.2) is 12.3 Å². The number of rotatable bonds is 3. The summed E-state index contributed by atoms with van der Waals surface area (Å²) in [5, 5.41) is 4.07. The highest BCUT2D eigenvalue weighted by Crippen LogP contribution is 2.30. The highest BCUT2D eigenvalue weighted by molar-refractivity contribution is 6.30. The van der Waals surface area contributed by atoms with Crippen molar-refractivity contribution < 1.29 is 17.9 Å². The van der Waals surface area contributed by atoms with Crippen LogP contribution in [-0.2, 0) is 7.05 Å². The molecule has 0 atom stereocenters. The third kappa shape index (κ3) is 3.87. The average Bonchev–Trinajstić information content (AvgIpc) is 2.69. The van der Waals surface area contributed by atoms with E-state index in [4.69, 9.17) is 11.6 Å². The standard InChI is InChI=1S/C11H9ClF3N3O.C2H6/c1-5-8(9-7(13)3-6(12)4-16-9)17-18(2)10(5)19-11(14)15;1-2/h3-4,11H,1-2H3;1-2H3. The Morgan fingerprint density at radius 1 is 1.29 bits per heavy atom. The van der Waals surface area contributed by atoms with Gasteiger partial charge in [0.15, 0.2) is 5.82 Å². The maximum Gasteiger partial charge on any atom is 0.388 e. The minimum Gasteiger partial charge on any atom is -0.417 e. The molecule has 8 heteroatoms. The number of hydrogen-bond acceptors (Lipinski definition) is 3. The number of aryl methyl sites for hydroxylation is 1. The second-order valence-corrected chi connectivity index (χ2v) is 4.20. The molecule has 116 valence electrons. The van der Waals surface area contributed by atoms with Crippen LogP contribution in [0.1, 0.15) is 19.4 Å². The summed E-state index contributed by atoms with van der Waals surface area (Å²) < 4.78 is 43.7. The van der Waals surface area contributed by atoms with Crippen molar-refractivity contribution in [3.8, 4) is 17.3 Å². The van der Waals surface area contributed by atoms with Gasteiger partial charge in [-0.05, 0) is 13.0 Å². The molecule has 0 bridgehead atoms. The van der Waals surface area contributed by atoms with Gasteiger partial charge in [-0.2, -0.15) is 13.9 Å². The van der Waals surface area contributed by atoms with E-state index in [1.165, 1.54) is 20.2 Å². The Hall–Kier alpha value is -1.76. The molecule has 0 spiro atoms. The van der Waals surface area contributed by atoms with E-state index in [0.29, 0.717) is 0 Å². The van der Waals surface area contributed by atoms with Crippen molar-refractivity contribution in [1.82, 2.24) is 14.8 Å². The second kappa shape index (κ2) is 7.31. The van der Waals surface area contributed by atoms with Crippen LogP contribution in [0.25, 0.3) is 11.4 Å². The molecule has 4 nitrogen and oxygen atoms in total. The van der Waals surface area contributed by atoms with E-state index >= 15 is 0 Å². The lowest BCUT2D eigenvalue weighted by Crippen LogP contribution is -2.06. The zero-order valence-electron chi connectivity index (χ0n) is 12.0. The summed E-state index contributed by atoms with van der Waals surface area (Å²) in [4.78, 5) is 3.82. The molecule has 2 rings (SSSR count). The number of pyridine rings is 1. The fourth-order valence-electron chi connectivity index (χ4n) is 1.68. The molecule has 0 aromatic carbocycles. The van der Waals surface area contributed by atoms with Crippen molar-refractivity contribution in [1.29, 1.82) is 0 Å². The van der Waals surface area contributed by atoms with E-state index in [9.17, 15) is 13.2 Å². The largest absolute Gasteiger partial charge is 0.417 e. The fraction of sp³-hybridized carbons (Fsp3) is 0.385. The Bertz CT molecular complexity index is 617. The molecule has 0 aliphatic heterocycles. The van der Waals surface area contributed by atoms with Crippen LogP contribution < -0.4 is 4.74 Å². The SMILES string of the molecule is CC.Cc1c(-c2ncc(Cl)cc2F)nn(C)c1OC(F)F. The van der Waals surface area contributed by atoms with Gasteiger partial charge in [0.25, 0.3) is 0 Å². The predicted molar refractivity (Wildman–Crippen MR) is 74.1 cm³/mol. The van der Waals surface area contributed by atoms with Gasteiger partial charge in [0.05, 0.1) is 5.02 Å². The lowest BCUT2D eigenvalue weighted by Gasteiger charge is -2.04. The normalized spacial score (nSPS) is 10.3. The summed E-state index contributed by atoms with van der Waals surface area (Å²) in [7, 11) is 1.42. The maximum absolute atomic E-state index is 13.7. The Morgan fingerprint density at radius 2 is 1.90 bits per heavy atom. The number of aromatic nitrogens is 3. The van der Waals surface area contributed by atoms with Crippen molar-refractivity contribution in [2.45, 2.75) is 27.4 Å². The first-order chi connectivity index (χ1) is 9.90. The zero-order valence-corrected chi connectivity index (χ0v) is 12.7. The van der Waals surface area contributed by atoms with Gasteiger partial charge in [-0.25, -0.2) is 14.1 Å². The van der Waals surface area contributed by atoms with Crippen LogP contribution in [0.5, 0.6) is 5.88 Å². The van der Waals surface area contributed by atoms with Gasteiger partial charge in [-0.3, -0.25) is 0 Å². The van der Waals surface area contributed by atoms with Crippen molar-refractivity contribution in [3.63, 3.8) is 0 Å². The summed E-state index contributed by atoms with van der Waals surface area (Å²) in [6, 6.07) is 1.08. The quantitative estimate of drug-likeness (QED) is 0.850. The number of hydrogen-bond donors (Lipinski definition) is 0. The molecule has 0 amide bonds. The van der Waals surface area contributed by atoms with E-state index in [2.05, 4.69) is 14.8 Å². The Morgan fingerprint density at radius 3 is 2.43 bits per heavy atom. The number of ether oxygens (including phenoxy) is 1. The van der Waals surface area contributed by atoms with Gasteiger partial charge in [-0.15, -0.1) is 0 Å². The van der Waals surface area contributed by atoms with Gasteiger partial charge in [-0.1, -0.05) is 25.4 Å². The van der Waals surface area contributed by atoms with Crippen LogP contribution in [0.2, 0.25) is 5.02 Å². The van der Waals surface area contributed by atoms with Gasteiger partial charge in [0.2, 0.25) is 5.88 Å². The molecule has 0 saturated heterocycles. The number of nitrogens with zero attached hydrogens (tertiary/aromatic N) is 3. The van der Waals surface area contributed by atoms with Crippen LogP contribution in [0.3, 0.4) is 0 Å². The van der Waals surface area contributed by atoms with Crippen molar-refractivity contribution >= 4 is 11.6 Å². The second-order valence-electron chi connectivity index (χ2n) is 3.76. The minimum absolute atomic E-state index is 0.0679. The fourth-order valence-corrected chi connectivity index (χ4v) is 1.82. The van der Waals surface area contributed by atoms with Gasteiger partial charge >= 0.3 is 6.61 Å². The summed E-state index contributed by atoms with van der Waals surface area (Å²) in [5.41, 5.74) is 0.338. The third-order valence-corrected chi connectivity index (χ3v) is 2.66. The molecule has 2 aromatic heterocycles. The molecule has 0 aliphatic rings. The van der Waals surface area contributed by atoms with E-state index < -0.39 is 12.4 Å². The average molecular weight is 322 g/mol. The first-order valence-electron chi connectivity index (χ1n) is 6.20. The monoisotopic (exact) mass is 321 g/mol. The Kier molecular flexibility index (Phi) is 6.02. The third-order valence-electron chi connectivity index (χ3n) is 2.45. The summed E-state index contributed by atoms with van der Waals surface area (Å²) in [6.07, 6.45) is 1.25. The van der Waals surface area contributed by atoms with Crippen LogP contribution in [0.4, 0.5) is 13.2 Å². The maximum atomic E-state index is 13.7. The van der Waals surface area contributed by atoms with Crippen molar-refractivity contribution in [2.24, 2.45) is 7.05 Å². The van der Waals surface area contributed by atoms with E-state index in [1.54, 1.807) is 0 Å². The molecule has 0 fully saturated rings. The molecule has 0 radical (unpaired) electrons. The van der Waals surface area contributed by atoms with E-state index in [-0.39, 0.29) is 27.9 Å². The number of halogens is 4. The molecule has 0 N–H and O–H groups in total. The van der Waals surface area contributed by atoms with Crippen LogP contribution in [0, 0.1) is 12.7 Å². The summed E-state index contributed by atoms with van der Waals surface area (Å²) >= 11 is 5.60. The molecule has 0 aliphatic carbocycles. The molecule has 0 saturated carbocycles. The summed E-state index contributed by atoms with van der Waals surface area (Å²) in [6.45, 7) is 2.51. The van der Waals surface area contributed by atoms with Crippen molar-refractivity contribution in [3.05, 3.63) is 28.7 Å². The van der Waals surface area contributed by atoms with Crippen LogP contribution in [-0.4, -0.2) is 21.4 Å². The van der Waals surface area contributed by atoms with Gasteiger partial charge in [0.1, 0.15) is 11.4 Å². The van der Waals surface area contributed by atoms with E-state index in [0.717, 1.165) is 10.7 Å². The van der Waals surface area contributed by atoms with Crippen LogP contribution >= 0.6 is 11.6 Å². The van der Waals surface area contributed by atoms with Gasteiger partial charge < -0.3 is 4.74 Å². The Balaban J connectivity index is 0.00000106. The zero-order chi connectivity index (χ0) is 16.2. The van der Waals surface area contributed by atoms with E-state index in [1.807, 2.05) is 13.8 Å². The number of alkyl halides is 2. The molecule has 0 unspecified atom stereocenters. The molecule has 21 heavy (non-hydrogen) atoms. The topological polar surface area (TPSA) is 39.9 Å². The first-order valence-corrected chi connectivity index (χ1v) is 6.57. The highest BCUT2D eigenvalue weighted by Gasteiger charge is 2.21. The molecular weight excluding hydrogens is 307 g/mol. The summed E-state index contributed by atoms with van der Waals surface area (Å²) in [5.74, 6) is -0.821. The minimum atomic E-state index is -2.98. The molecule has 2 aromatic rings. The highest BCUT2D eigenvalue weighted by atomic mass is 35.5. The Labute approximate surface area is 125 Å². The molecule has 2 heterocycles. The smallest absolute Gasteiger partial charge is 0.388 e. The predicted octanol–water partition coefficient (Wildman–Crippen LogP) is 4.21.